The Bertz CT molecular complexity index is 417. The van der Waals surface area contributed by atoms with Gasteiger partial charge in [0, 0.05) is 19.0 Å². The standard InChI is InChI=1S/C17H28N2O2/c1-4-5-7-13-11-14(13)18-17(21)15-8-6-9-19(15)16(20)10-12(2)3/h5,7,12-15H,4,6,8-11H2,1-3H3,(H,18,21)/b7-5-/t13-,14?,15?/m1/s1. The zero-order chi connectivity index (χ0) is 15.4. The molecule has 0 bridgehead atoms. The molecular formula is C17H28N2O2. The molecule has 1 aliphatic heterocycles. The van der Waals surface area contributed by atoms with Crippen molar-refractivity contribution in [2.45, 2.75) is 65.0 Å². The Balaban J connectivity index is 1.84. The summed E-state index contributed by atoms with van der Waals surface area (Å²) < 4.78 is 0. The van der Waals surface area contributed by atoms with Gasteiger partial charge in [0.1, 0.15) is 6.04 Å². The first kappa shape index (κ1) is 16.1. The Kier molecular flexibility index (Phi) is 5.43. The van der Waals surface area contributed by atoms with E-state index in [1.165, 1.54) is 0 Å². The third-order valence-electron chi connectivity index (χ3n) is 4.25. The third-order valence-corrected chi connectivity index (χ3v) is 4.25. The van der Waals surface area contributed by atoms with E-state index in [4.69, 9.17) is 0 Å². The number of amides is 2. The van der Waals surface area contributed by atoms with E-state index in [2.05, 4.69) is 24.4 Å². The van der Waals surface area contributed by atoms with E-state index in [0.717, 1.165) is 32.2 Å². The molecule has 21 heavy (non-hydrogen) atoms. The van der Waals surface area contributed by atoms with Gasteiger partial charge in [-0.05, 0) is 37.5 Å². The maximum absolute atomic E-state index is 12.4. The molecule has 3 atom stereocenters. The minimum atomic E-state index is -0.243. The number of nitrogens with zero attached hydrogens (tertiary/aromatic N) is 1. The van der Waals surface area contributed by atoms with Crippen molar-refractivity contribution in [2.75, 3.05) is 6.54 Å². The Labute approximate surface area is 128 Å². The number of carbonyl (C=O) groups is 2. The second kappa shape index (κ2) is 7.10. The van der Waals surface area contributed by atoms with Crippen LogP contribution in [0.2, 0.25) is 0 Å². The number of rotatable bonds is 6. The van der Waals surface area contributed by atoms with Crippen molar-refractivity contribution in [3.8, 4) is 0 Å². The van der Waals surface area contributed by atoms with Crippen molar-refractivity contribution in [1.82, 2.24) is 10.2 Å². The van der Waals surface area contributed by atoms with Gasteiger partial charge in [0.05, 0.1) is 0 Å². The molecule has 1 heterocycles. The molecule has 2 unspecified atom stereocenters. The highest BCUT2D eigenvalue weighted by atomic mass is 16.2. The first-order valence-corrected chi connectivity index (χ1v) is 8.29. The van der Waals surface area contributed by atoms with Crippen LogP contribution in [-0.2, 0) is 9.59 Å². The molecule has 2 rings (SSSR count). The highest BCUT2D eigenvalue weighted by Crippen LogP contribution is 2.32. The molecule has 1 aliphatic carbocycles. The Morgan fingerprint density at radius 1 is 1.38 bits per heavy atom. The van der Waals surface area contributed by atoms with Crippen LogP contribution in [-0.4, -0.2) is 35.3 Å². The lowest BCUT2D eigenvalue weighted by Gasteiger charge is -2.24. The number of hydrogen-bond acceptors (Lipinski definition) is 2. The molecular weight excluding hydrogens is 264 g/mol. The van der Waals surface area contributed by atoms with Crippen LogP contribution in [0.4, 0.5) is 0 Å². The molecule has 4 nitrogen and oxygen atoms in total. The molecule has 0 spiro atoms. The van der Waals surface area contributed by atoms with Crippen molar-refractivity contribution in [2.24, 2.45) is 11.8 Å². The van der Waals surface area contributed by atoms with Gasteiger partial charge in [-0.1, -0.05) is 32.9 Å². The maximum Gasteiger partial charge on any atom is 0.243 e. The van der Waals surface area contributed by atoms with E-state index in [1.807, 2.05) is 13.8 Å². The van der Waals surface area contributed by atoms with Crippen LogP contribution in [0.5, 0.6) is 0 Å². The van der Waals surface area contributed by atoms with E-state index >= 15 is 0 Å². The topological polar surface area (TPSA) is 49.4 Å². The summed E-state index contributed by atoms with van der Waals surface area (Å²) in [5.74, 6) is 1.01. The van der Waals surface area contributed by atoms with Gasteiger partial charge in [-0.25, -0.2) is 0 Å². The summed E-state index contributed by atoms with van der Waals surface area (Å²) in [5, 5.41) is 3.11. The van der Waals surface area contributed by atoms with Gasteiger partial charge in [0.25, 0.3) is 0 Å². The number of nitrogens with one attached hydrogen (secondary N) is 1. The molecule has 1 saturated carbocycles. The maximum atomic E-state index is 12.4. The largest absolute Gasteiger partial charge is 0.351 e. The Hall–Kier alpha value is -1.32. The van der Waals surface area contributed by atoms with Gasteiger partial charge in [-0.2, -0.15) is 0 Å². The zero-order valence-electron chi connectivity index (χ0n) is 13.5. The SMILES string of the molecule is CC/C=C\[C@@H]1CC1NC(=O)C1CCCN1C(=O)CC(C)C. The fraction of sp³-hybridized carbons (Fsp3) is 0.765. The first-order valence-electron chi connectivity index (χ1n) is 8.29. The molecule has 0 radical (unpaired) electrons. The molecule has 2 fully saturated rings. The lowest BCUT2D eigenvalue weighted by Crippen LogP contribution is -2.47. The van der Waals surface area contributed by atoms with Crippen LogP contribution in [0.3, 0.4) is 0 Å². The van der Waals surface area contributed by atoms with Crippen molar-refractivity contribution < 1.29 is 9.59 Å². The van der Waals surface area contributed by atoms with Crippen molar-refractivity contribution in [3.63, 3.8) is 0 Å². The van der Waals surface area contributed by atoms with Gasteiger partial charge in [-0.3, -0.25) is 9.59 Å². The van der Waals surface area contributed by atoms with Gasteiger partial charge in [-0.15, -0.1) is 0 Å². The summed E-state index contributed by atoms with van der Waals surface area (Å²) in [7, 11) is 0. The molecule has 0 aromatic carbocycles. The minimum absolute atomic E-state index is 0.0435. The van der Waals surface area contributed by atoms with Crippen LogP contribution >= 0.6 is 0 Å². The molecule has 118 valence electrons. The highest BCUT2D eigenvalue weighted by Gasteiger charge is 2.40. The zero-order valence-corrected chi connectivity index (χ0v) is 13.5. The number of hydrogen-bond donors (Lipinski definition) is 1. The molecule has 1 N–H and O–H groups in total. The lowest BCUT2D eigenvalue weighted by atomic mass is 10.1. The second-order valence-electron chi connectivity index (χ2n) is 6.69. The molecule has 1 saturated heterocycles. The van der Waals surface area contributed by atoms with Crippen molar-refractivity contribution in [3.05, 3.63) is 12.2 Å². The predicted octanol–water partition coefficient (Wildman–Crippen LogP) is 2.49. The third kappa shape index (κ3) is 4.32. The van der Waals surface area contributed by atoms with E-state index in [-0.39, 0.29) is 23.9 Å². The summed E-state index contributed by atoms with van der Waals surface area (Å²) in [6.45, 7) is 6.92. The Morgan fingerprint density at radius 3 is 2.81 bits per heavy atom. The van der Waals surface area contributed by atoms with E-state index in [9.17, 15) is 9.59 Å². The predicted molar refractivity (Wildman–Crippen MR) is 83.7 cm³/mol. The van der Waals surface area contributed by atoms with Crippen LogP contribution < -0.4 is 5.32 Å². The van der Waals surface area contributed by atoms with Gasteiger partial charge >= 0.3 is 0 Å². The Morgan fingerprint density at radius 2 is 2.14 bits per heavy atom. The van der Waals surface area contributed by atoms with Crippen LogP contribution in [0.15, 0.2) is 12.2 Å². The molecule has 0 aromatic rings. The van der Waals surface area contributed by atoms with Crippen LogP contribution in [0, 0.1) is 11.8 Å². The summed E-state index contributed by atoms with van der Waals surface area (Å²) in [4.78, 5) is 26.4. The fourth-order valence-corrected chi connectivity index (χ4v) is 2.99. The number of carbonyl (C=O) groups excluding carboxylic acids is 2. The van der Waals surface area contributed by atoms with Crippen molar-refractivity contribution >= 4 is 11.8 Å². The van der Waals surface area contributed by atoms with E-state index in [0.29, 0.717) is 18.3 Å². The normalized spacial score (nSPS) is 28.4. The second-order valence-corrected chi connectivity index (χ2v) is 6.69. The van der Waals surface area contributed by atoms with Crippen molar-refractivity contribution in [1.29, 1.82) is 0 Å². The lowest BCUT2D eigenvalue weighted by molar-refractivity contribution is -0.139. The average Bonchev–Trinajstić information content (AvgIpc) is 2.96. The van der Waals surface area contributed by atoms with Gasteiger partial charge in [0.15, 0.2) is 0 Å². The van der Waals surface area contributed by atoms with E-state index < -0.39 is 0 Å². The smallest absolute Gasteiger partial charge is 0.243 e. The minimum Gasteiger partial charge on any atom is -0.351 e. The van der Waals surface area contributed by atoms with Crippen LogP contribution in [0.1, 0.15) is 52.9 Å². The average molecular weight is 292 g/mol. The summed E-state index contributed by atoms with van der Waals surface area (Å²) in [5.41, 5.74) is 0. The quantitative estimate of drug-likeness (QED) is 0.765. The van der Waals surface area contributed by atoms with Gasteiger partial charge < -0.3 is 10.2 Å². The monoisotopic (exact) mass is 292 g/mol. The molecule has 4 heteroatoms. The molecule has 2 aliphatic rings. The summed E-state index contributed by atoms with van der Waals surface area (Å²) >= 11 is 0. The molecule has 2 amide bonds. The number of likely N-dealkylation sites (tertiary alicyclic amines) is 1. The van der Waals surface area contributed by atoms with E-state index in [1.54, 1.807) is 4.90 Å². The highest BCUT2D eigenvalue weighted by molar-refractivity contribution is 5.88. The number of allylic oxidation sites excluding steroid dienone is 1. The summed E-state index contributed by atoms with van der Waals surface area (Å²) in [6, 6.07) is 0.0376. The summed E-state index contributed by atoms with van der Waals surface area (Å²) in [6.07, 6.45) is 8.71. The van der Waals surface area contributed by atoms with Crippen LogP contribution in [0.25, 0.3) is 0 Å². The van der Waals surface area contributed by atoms with Gasteiger partial charge in [0.2, 0.25) is 11.8 Å². The fourth-order valence-electron chi connectivity index (χ4n) is 2.99. The molecule has 0 aromatic heterocycles. The first-order chi connectivity index (χ1) is 10.0.